The number of rotatable bonds is 7. The molecule has 0 saturated heterocycles. The van der Waals surface area contributed by atoms with Gasteiger partial charge in [0.2, 0.25) is 5.91 Å². The first-order valence-electron chi connectivity index (χ1n) is 4.03. The van der Waals surface area contributed by atoms with Gasteiger partial charge in [-0.25, -0.2) is 4.79 Å². The molecule has 0 aromatic carbocycles. The number of carboxylic acid groups (broad SMARTS) is 1. The Bertz CT molecular complexity index is 197. The predicted molar refractivity (Wildman–Crippen MR) is 46.5 cm³/mol. The first-order valence-corrected chi connectivity index (χ1v) is 4.03. The van der Waals surface area contributed by atoms with Crippen LogP contribution in [0, 0.1) is 0 Å². The Kier molecular flexibility index (Phi) is 6.63. The lowest BCUT2D eigenvalue weighted by molar-refractivity contribution is -0.146. The third-order valence-electron chi connectivity index (χ3n) is 1.27. The van der Waals surface area contributed by atoms with Gasteiger partial charge in [0.1, 0.15) is 6.61 Å². The van der Waals surface area contributed by atoms with E-state index in [1.807, 2.05) is 0 Å². The van der Waals surface area contributed by atoms with Crippen LogP contribution in [0.25, 0.3) is 0 Å². The molecule has 0 aliphatic rings. The summed E-state index contributed by atoms with van der Waals surface area (Å²) in [5.41, 5.74) is 5.10. The van der Waals surface area contributed by atoms with Gasteiger partial charge in [0.15, 0.2) is 6.10 Å². The second-order valence-electron chi connectivity index (χ2n) is 2.50. The fourth-order valence-electron chi connectivity index (χ4n) is 0.597. The number of hydrogen-bond acceptors (Lipinski definition) is 5. The van der Waals surface area contributed by atoms with Crippen molar-refractivity contribution in [1.82, 2.24) is 5.32 Å². The van der Waals surface area contributed by atoms with Crippen molar-refractivity contribution in [3.63, 3.8) is 0 Å². The molecule has 0 saturated carbocycles. The summed E-state index contributed by atoms with van der Waals surface area (Å²) in [6, 6.07) is 0. The highest BCUT2D eigenvalue weighted by atomic mass is 16.5. The molecule has 14 heavy (non-hydrogen) atoms. The van der Waals surface area contributed by atoms with Crippen molar-refractivity contribution in [2.75, 3.05) is 26.3 Å². The highest BCUT2D eigenvalue weighted by Crippen LogP contribution is 1.80. The largest absolute Gasteiger partial charge is 0.479 e. The summed E-state index contributed by atoms with van der Waals surface area (Å²) in [6.07, 6.45) is -1.59. The molecule has 0 spiro atoms. The molecule has 0 rings (SSSR count). The van der Waals surface area contributed by atoms with Crippen molar-refractivity contribution in [3.8, 4) is 0 Å². The first kappa shape index (κ1) is 12.8. The molecule has 0 fully saturated rings. The average molecular weight is 206 g/mol. The molecule has 0 aromatic rings. The lowest BCUT2D eigenvalue weighted by atomic mass is 10.3. The van der Waals surface area contributed by atoms with Gasteiger partial charge in [-0.15, -0.1) is 0 Å². The van der Waals surface area contributed by atoms with Crippen molar-refractivity contribution in [2.45, 2.75) is 6.10 Å². The third kappa shape index (κ3) is 6.35. The Labute approximate surface area is 80.8 Å². The van der Waals surface area contributed by atoms with Gasteiger partial charge in [-0.05, 0) is 0 Å². The molecule has 7 heteroatoms. The van der Waals surface area contributed by atoms with Crippen LogP contribution < -0.4 is 11.1 Å². The van der Waals surface area contributed by atoms with Gasteiger partial charge in [-0.1, -0.05) is 0 Å². The second kappa shape index (κ2) is 7.25. The van der Waals surface area contributed by atoms with E-state index in [1.165, 1.54) is 0 Å². The van der Waals surface area contributed by atoms with Crippen LogP contribution in [0.3, 0.4) is 0 Å². The standard InChI is InChI=1S/C7H14N2O5/c8-1-2-14-4-6(11)9-3-5(10)7(12)13/h5,10H,1-4,8H2,(H,9,11)(H,12,13)/t5-/m0/s1. The lowest BCUT2D eigenvalue weighted by Crippen LogP contribution is -2.38. The predicted octanol–water partition coefficient (Wildman–Crippen LogP) is -2.48. The van der Waals surface area contributed by atoms with Gasteiger partial charge in [0, 0.05) is 6.54 Å². The van der Waals surface area contributed by atoms with Crippen LogP contribution in [0.4, 0.5) is 0 Å². The zero-order chi connectivity index (χ0) is 11.0. The van der Waals surface area contributed by atoms with Crippen LogP contribution >= 0.6 is 0 Å². The zero-order valence-corrected chi connectivity index (χ0v) is 7.60. The maximum absolute atomic E-state index is 10.9. The molecule has 7 nitrogen and oxygen atoms in total. The van der Waals surface area contributed by atoms with E-state index in [4.69, 9.17) is 20.7 Å². The van der Waals surface area contributed by atoms with E-state index in [0.29, 0.717) is 6.54 Å². The van der Waals surface area contributed by atoms with Crippen LogP contribution in [-0.4, -0.2) is 54.5 Å². The van der Waals surface area contributed by atoms with Crippen molar-refractivity contribution < 1.29 is 24.5 Å². The molecule has 82 valence electrons. The Morgan fingerprint density at radius 3 is 2.64 bits per heavy atom. The maximum Gasteiger partial charge on any atom is 0.334 e. The number of aliphatic hydroxyl groups is 1. The summed E-state index contributed by atoms with van der Waals surface area (Å²) >= 11 is 0. The lowest BCUT2D eigenvalue weighted by Gasteiger charge is -2.07. The molecule has 1 atom stereocenters. The summed E-state index contributed by atoms with van der Waals surface area (Å²) in [5, 5.41) is 19.2. The van der Waals surface area contributed by atoms with Crippen molar-refractivity contribution >= 4 is 11.9 Å². The van der Waals surface area contributed by atoms with Crippen LogP contribution in [-0.2, 0) is 14.3 Å². The molecule has 0 aliphatic heterocycles. The third-order valence-corrected chi connectivity index (χ3v) is 1.27. The highest BCUT2D eigenvalue weighted by Gasteiger charge is 2.13. The Morgan fingerprint density at radius 1 is 1.50 bits per heavy atom. The SMILES string of the molecule is NCCOCC(=O)NC[C@H](O)C(=O)O. The molecule has 1 amide bonds. The summed E-state index contributed by atoms with van der Waals surface area (Å²) < 4.78 is 4.77. The number of nitrogens with one attached hydrogen (secondary N) is 1. The summed E-state index contributed by atoms with van der Waals surface area (Å²) in [6.45, 7) is 0.0453. The Hall–Kier alpha value is -1.18. The van der Waals surface area contributed by atoms with Gasteiger partial charge in [0.05, 0.1) is 13.2 Å². The number of carbonyl (C=O) groups excluding carboxylic acids is 1. The molecular weight excluding hydrogens is 192 g/mol. The van der Waals surface area contributed by atoms with Crippen LogP contribution in [0.5, 0.6) is 0 Å². The van der Waals surface area contributed by atoms with Crippen LogP contribution in [0.15, 0.2) is 0 Å². The molecule has 0 radical (unpaired) electrons. The quantitative estimate of drug-likeness (QED) is 0.342. The van der Waals surface area contributed by atoms with E-state index in [9.17, 15) is 9.59 Å². The topological polar surface area (TPSA) is 122 Å². The Morgan fingerprint density at radius 2 is 2.14 bits per heavy atom. The molecular formula is C7H14N2O5. The molecule has 0 aromatic heterocycles. The zero-order valence-electron chi connectivity index (χ0n) is 7.60. The van der Waals surface area contributed by atoms with Crippen molar-refractivity contribution in [1.29, 1.82) is 0 Å². The minimum Gasteiger partial charge on any atom is -0.479 e. The van der Waals surface area contributed by atoms with Crippen molar-refractivity contribution in [2.24, 2.45) is 5.73 Å². The highest BCUT2D eigenvalue weighted by molar-refractivity contribution is 5.78. The minimum absolute atomic E-state index is 0.191. The van der Waals surface area contributed by atoms with Gasteiger partial charge in [0.25, 0.3) is 0 Å². The Balaban J connectivity index is 3.48. The fourth-order valence-corrected chi connectivity index (χ4v) is 0.597. The van der Waals surface area contributed by atoms with Gasteiger partial charge in [-0.3, -0.25) is 4.79 Å². The van der Waals surface area contributed by atoms with E-state index in [1.54, 1.807) is 0 Å². The monoisotopic (exact) mass is 206 g/mol. The summed E-state index contributed by atoms with van der Waals surface area (Å²) in [5.74, 6) is -1.87. The normalized spacial score (nSPS) is 12.1. The van der Waals surface area contributed by atoms with E-state index in [0.717, 1.165) is 0 Å². The number of ether oxygens (including phenoxy) is 1. The minimum atomic E-state index is -1.59. The van der Waals surface area contributed by atoms with Gasteiger partial charge in [-0.2, -0.15) is 0 Å². The number of aliphatic hydroxyl groups excluding tert-OH is 1. The smallest absolute Gasteiger partial charge is 0.334 e. The number of aliphatic carboxylic acids is 1. The summed E-state index contributed by atoms with van der Waals surface area (Å²) in [7, 11) is 0. The average Bonchev–Trinajstić information content (AvgIpc) is 2.14. The first-order chi connectivity index (χ1) is 6.57. The van der Waals surface area contributed by atoms with Crippen LogP contribution in [0.1, 0.15) is 0 Å². The molecule has 0 aliphatic carbocycles. The summed E-state index contributed by atoms with van der Waals surface area (Å²) in [4.78, 5) is 21.0. The molecule has 0 bridgehead atoms. The molecule has 0 unspecified atom stereocenters. The number of carboxylic acids is 1. The van der Waals surface area contributed by atoms with Gasteiger partial charge >= 0.3 is 5.97 Å². The number of amides is 1. The van der Waals surface area contributed by atoms with E-state index in [2.05, 4.69) is 5.32 Å². The van der Waals surface area contributed by atoms with E-state index >= 15 is 0 Å². The molecule has 5 N–H and O–H groups in total. The maximum atomic E-state index is 10.9. The molecule has 0 heterocycles. The second-order valence-corrected chi connectivity index (χ2v) is 2.50. The number of carbonyl (C=O) groups is 2. The van der Waals surface area contributed by atoms with Crippen LogP contribution in [0.2, 0.25) is 0 Å². The van der Waals surface area contributed by atoms with E-state index in [-0.39, 0.29) is 19.8 Å². The fraction of sp³-hybridized carbons (Fsp3) is 0.714. The van der Waals surface area contributed by atoms with Gasteiger partial charge < -0.3 is 26.0 Å². The van der Waals surface area contributed by atoms with Crippen molar-refractivity contribution in [3.05, 3.63) is 0 Å². The number of hydrogen-bond donors (Lipinski definition) is 4. The van der Waals surface area contributed by atoms with E-state index < -0.39 is 18.0 Å². The number of nitrogens with two attached hydrogens (primary N) is 1.